The molecule has 26 heavy (non-hydrogen) atoms. The van der Waals surface area contributed by atoms with Crippen LogP contribution in [0, 0.1) is 22.7 Å². The molecule has 2 aliphatic carbocycles. The van der Waals surface area contributed by atoms with Crippen molar-refractivity contribution in [3.05, 3.63) is 42.0 Å². The van der Waals surface area contributed by atoms with Gasteiger partial charge < -0.3 is 0 Å². The Kier molecular flexibility index (Phi) is 5.88. The zero-order chi connectivity index (χ0) is 20.2. The molecule has 2 rings (SSSR count). The third kappa shape index (κ3) is 4.07. The molecule has 2 atom stereocenters. The van der Waals surface area contributed by atoms with Gasteiger partial charge in [0.2, 0.25) is 0 Å². The summed E-state index contributed by atoms with van der Waals surface area (Å²) in [5.41, 5.74) is 3.62. The first-order valence-electron chi connectivity index (χ1n) is 10.6. The average Bonchev–Trinajstić information content (AvgIpc) is 3.10. The zero-order valence-corrected chi connectivity index (χ0v) is 23.0. The van der Waals surface area contributed by atoms with Crippen molar-refractivity contribution in [2.75, 3.05) is 0 Å². The Labute approximate surface area is 165 Å². The van der Waals surface area contributed by atoms with Gasteiger partial charge in [-0.3, -0.25) is 0 Å². The minimum atomic E-state index is -3.17. The zero-order valence-electron chi connectivity index (χ0n) is 19.1. The molecule has 0 aliphatic heterocycles. The predicted molar refractivity (Wildman–Crippen MR) is 119 cm³/mol. The van der Waals surface area contributed by atoms with Gasteiger partial charge in [-0.05, 0) is 0 Å². The fraction of sp³-hybridized carbons (Fsp3) is 0.667. The normalized spacial score (nSPS) is 25.0. The summed E-state index contributed by atoms with van der Waals surface area (Å²) in [5, 5.41) is 0. The number of rotatable bonds is 4. The van der Waals surface area contributed by atoms with E-state index in [1.54, 1.807) is 11.1 Å². The number of hydrogen-bond acceptors (Lipinski definition) is 0. The molecule has 0 aromatic rings. The van der Waals surface area contributed by atoms with Gasteiger partial charge in [0.25, 0.3) is 0 Å². The second kappa shape index (κ2) is 6.84. The summed E-state index contributed by atoms with van der Waals surface area (Å²) in [6, 6.07) is 0. The van der Waals surface area contributed by atoms with Crippen LogP contribution in [-0.2, 0) is 17.4 Å². The van der Waals surface area contributed by atoms with Crippen LogP contribution in [-0.4, -0.2) is 6.88 Å². The summed E-state index contributed by atoms with van der Waals surface area (Å²) in [4.78, 5) is 0. The molecule has 0 bridgehead atoms. The summed E-state index contributed by atoms with van der Waals surface area (Å²) in [5.74, 6) is 1.30. The molecule has 146 valence electrons. The van der Waals surface area contributed by atoms with Gasteiger partial charge in [-0.2, -0.15) is 0 Å². The van der Waals surface area contributed by atoms with E-state index in [0.29, 0.717) is 11.8 Å². The topological polar surface area (TPSA) is 0 Å². The Bertz CT molecular complexity index is 706. The Morgan fingerprint density at radius 1 is 0.769 bits per heavy atom. The Morgan fingerprint density at radius 2 is 1.08 bits per heavy atom. The summed E-state index contributed by atoms with van der Waals surface area (Å²) in [6.07, 6.45) is 12.9. The summed E-state index contributed by atoms with van der Waals surface area (Å²) in [6.45, 7) is 21.3. The van der Waals surface area contributed by atoms with Crippen molar-refractivity contribution in [2.45, 2.75) is 77.5 Å². The van der Waals surface area contributed by atoms with E-state index >= 15 is 0 Å². The second-order valence-electron chi connectivity index (χ2n) is 11.7. The molecule has 0 N–H and O–H groups in total. The van der Waals surface area contributed by atoms with Crippen molar-refractivity contribution in [2.24, 2.45) is 22.7 Å². The van der Waals surface area contributed by atoms with E-state index in [4.69, 9.17) is 0 Å². The third-order valence-corrected chi connectivity index (χ3v) is 23.1. The quantitative estimate of drug-likeness (QED) is 0.401. The summed E-state index contributed by atoms with van der Waals surface area (Å²) < 4.78 is 9.04. The van der Waals surface area contributed by atoms with Gasteiger partial charge >= 0.3 is 166 Å². The van der Waals surface area contributed by atoms with Crippen LogP contribution in [0.5, 0.6) is 0 Å². The first-order valence-corrected chi connectivity index (χ1v) is 23.9. The van der Waals surface area contributed by atoms with E-state index in [0.717, 1.165) is 0 Å². The van der Waals surface area contributed by atoms with Gasteiger partial charge in [-0.15, -0.1) is 0 Å². The molecule has 0 nitrogen and oxygen atoms in total. The predicted octanol–water partition coefficient (Wildman–Crippen LogP) is 7.11. The van der Waals surface area contributed by atoms with Gasteiger partial charge in [0.05, 0.1) is 0 Å². The van der Waals surface area contributed by atoms with Crippen LogP contribution in [0.15, 0.2) is 42.0 Å². The molecule has 2 unspecified atom stereocenters. The van der Waals surface area contributed by atoms with Crippen LogP contribution in [0.2, 0.25) is 9.26 Å². The molecule has 0 fully saturated rings. The number of hydrogen-bond donors (Lipinski definition) is 0. The SMILES string of the molecule is CCC1C=C(C(C)(C)C)C=[C]1[Zr]([CH3])([CH3])(=[SiH2])[C]1=CC(C(C)(C)C)=CC1CC. The van der Waals surface area contributed by atoms with Crippen LogP contribution >= 0.6 is 0 Å². The van der Waals surface area contributed by atoms with E-state index in [1.807, 2.05) is 6.56 Å². The van der Waals surface area contributed by atoms with E-state index in [1.165, 1.54) is 12.8 Å². The van der Waals surface area contributed by atoms with Crippen molar-refractivity contribution in [3.63, 3.8) is 0 Å². The average molecular weight is 450 g/mol. The van der Waals surface area contributed by atoms with Gasteiger partial charge in [0.15, 0.2) is 0 Å². The van der Waals surface area contributed by atoms with Crippen LogP contribution in [0.25, 0.3) is 0 Å². The summed E-state index contributed by atoms with van der Waals surface area (Å²) >= 11 is -3.17. The summed E-state index contributed by atoms with van der Waals surface area (Å²) in [7, 11) is 0. The molecule has 2 aliphatic rings. The van der Waals surface area contributed by atoms with Gasteiger partial charge in [0.1, 0.15) is 0 Å². The molecule has 0 radical (unpaired) electrons. The van der Waals surface area contributed by atoms with E-state index in [2.05, 4.69) is 95.8 Å². The van der Waals surface area contributed by atoms with Crippen molar-refractivity contribution >= 4 is 6.88 Å². The van der Waals surface area contributed by atoms with Crippen LogP contribution in [0.3, 0.4) is 0 Å². The van der Waals surface area contributed by atoms with Gasteiger partial charge in [-0.1, -0.05) is 0 Å². The monoisotopic (exact) mass is 448 g/mol. The first kappa shape index (κ1) is 22.4. The molecule has 0 spiro atoms. The van der Waals surface area contributed by atoms with Crippen molar-refractivity contribution in [1.82, 2.24) is 0 Å². The minimum absolute atomic E-state index is 0.250. The fourth-order valence-corrected chi connectivity index (χ4v) is 20.1. The molecule has 0 heterocycles. The van der Waals surface area contributed by atoms with Crippen LogP contribution in [0.1, 0.15) is 68.2 Å². The van der Waals surface area contributed by atoms with Crippen LogP contribution < -0.4 is 0 Å². The molecular weight excluding hydrogens is 408 g/mol. The second-order valence-corrected chi connectivity index (χ2v) is 40.2. The van der Waals surface area contributed by atoms with Gasteiger partial charge in [0, 0.05) is 0 Å². The molecule has 0 saturated heterocycles. The fourth-order valence-electron chi connectivity index (χ4n) is 4.69. The first-order chi connectivity index (χ1) is 11.6. The molecule has 0 amide bonds. The van der Waals surface area contributed by atoms with Gasteiger partial charge in [-0.25, -0.2) is 0 Å². The van der Waals surface area contributed by atoms with Crippen molar-refractivity contribution in [3.8, 4) is 0 Å². The molecule has 0 aromatic carbocycles. The molecule has 0 aromatic heterocycles. The molecule has 2 heteroatoms. The van der Waals surface area contributed by atoms with Crippen molar-refractivity contribution < 1.29 is 17.4 Å². The third-order valence-electron chi connectivity index (χ3n) is 6.65. The Hall–Kier alpha value is 0.0600. The molecule has 0 saturated carbocycles. The maximum absolute atomic E-state index is 3.17. The van der Waals surface area contributed by atoms with E-state index in [-0.39, 0.29) is 10.8 Å². The molecular formula is C24H42SiZr. The maximum atomic E-state index is 2.70. The Balaban J connectivity index is 2.59. The standard InChI is InChI=1S/2C11H17.2CH3.H2Si.Zr/c2*1-5-9-6-7-10(8-9)11(2,3)4;;;;/h2*7-9H,5H2,1-4H3;2*1H3;1H2;. The van der Waals surface area contributed by atoms with Crippen LogP contribution in [0.4, 0.5) is 0 Å². The van der Waals surface area contributed by atoms with Crippen molar-refractivity contribution in [1.29, 1.82) is 0 Å². The Morgan fingerprint density at radius 3 is 1.31 bits per heavy atom. The number of allylic oxidation sites excluding steroid dienone is 8. The van der Waals surface area contributed by atoms with E-state index < -0.39 is 17.4 Å². The van der Waals surface area contributed by atoms with E-state index in [9.17, 15) is 0 Å².